The Morgan fingerprint density at radius 3 is 1.80 bits per heavy atom. The summed E-state index contributed by atoms with van der Waals surface area (Å²) in [5, 5.41) is 3.41. The molecule has 0 unspecified atom stereocenters. The molecule has 0 fully saturated rings. The van der Waals surface area contributed by atoms with Crippen molar-refractivity contribution in [2.75, 3.05) is 0 Å². The third kappa shape index (κ3) is 10.4. The molecule has 0 bridgehead atoms. The zero-order valence-electron chi connectivity index (χ0n) is 14.1. The summed E-state index contributed by atoms with van der Waals surface area (Å²) in [6, 6.07) is 10.5. The number of benzene rings is 1. The van der Waals surface area contributed by atoms with E-state index in [9.17, 15) is 0 Å². The van der Waals surface area contributed by atoms with Crippen LogP contribution in [0.4, 0.5) is 0 Å². The van der Waals surface area contributed by atoms with Gasteiger partial charge in [-0.1, -0.05) is 89.2 Å². The van der Waals surface area contributed by atoms with E-state index in [1.165, 1.54) is 11.8 Å². The predicted octanol–water partition coefficient (Wildman–Crippen LogP) is 4.33. The minimum absolute atomic E-state index is 0.659. The summed E-state index contributed by atoms with van der Waals surface area (Å²) in [6.45, 7) is 15.0. The van der Waals surface area contributed by atoms with Crippen molar-refractivity contribution in [3.8, 4) is 0 Å². The summed E-state index contributed by atoms with van der Waals surface area (Å²) in [7, 11) is 0. The predicted molar refractivity (Wildman–Crippen MR) is 89.9 cm³/mol. The third-order valence-corrected chi connectivity index (χ3v) is 2.18. The van der Waals surface area contributed by atoms with E-state index in [2.05, 4.69) is 52.6 Å². The molecule has 0 N–H and O–H groups in total. The average molecular weight is 276 g/mol. The Bertz CT molecular complexity index is 375. The van der Waals surface area contributed by atoms with Crippen LogP contribution >= 0.6 is 0 Å². The maximum atomic E-state index is 4.62. The summed E-state index contributed by atoms with van der Waals surface area (Å²) < 4.78 is 4.62. The van der Waals surface area contributed by atoms with Crippen LogP contribution in [0, 0.1) is 0 Å². The van der Waals surface area contributed by atoms with Crippen LogP contribution in [-0.4, -0.2) is 16.9 Å². The lowest BCUT2D eigenvalue weighted by atomic mass is 9.49. The van der Waals surface area contributed by atoms with Crippen LogP contribution in [0.25, 0.3) is 0 Å². The topological polar surface area (TPSA) is 38.9 Å². The Balaban J connectivity index is 0. The van der Waals surface area contributed by atoms with Crippen LogP contribution in [0.5, 0.6) is 0 Å². The molecular formula is C16H29BN2O. The second-order valence-electron chi connectivity index (χ2n) is 3.75. The van der Waals surface area contributed by atoms with Gasteiger partial charge in [0, 0.05) is 6.42 Å². The van der Waals surface area contributed by atoms with Crippen LogP contribution in [0.1, 0.15) is 40.5 Å². The molecule has 112 valence electrons. The number of rotatable bonds is 2. The van der Waals surface area contributed by atoms with E-state index in [-0.39, 0.29) is 0 Å². The Labute approximate surface area is 124 Å². The van der Waals surface area contributed by atoms with Crippen molar-refractivity contribution in [2.45, 2.75) is 54.7 Å². The Hall–Kier alpha value is -1.58. The van der Waals surface area contributed by atoms with Crippen LogP contribution in [0.15, 0.2) is 41.2 Å². The maximum absolute atomic E-state index is 4.62. The first-order valence-corrected chi connectivity index (χ1v) is 7.54. The quantitative estimate of drug-likeness (QED) is 0.766. The molecule has 0 aliphatic rings. The van der Waals surface area contributed by atoms with Gasteiger partial charge in [0.1, 0.15) is 0 Å². The van der Waals surface area contributed by atoms with Gasteiger partial charge in [0.05, 0.1) is 0 Å². The standard InChI is InChI=1S/C8H11B.C4H6N2O.2C2H6/c1-9(2)8-6-4-3-5-7-8;1-2-4-5-3-6-7-4;2*1-2/h3-7H,1-2H3;3H,2H2,1H3;2*1-2H3. The van der Waals surface area contributed by atoms with Gasteiger partial charge in [0.25, 0.3) is 0 Å². The SMILES string of the molecule is CB(C)c1ccccc1.CC.CC.CCc1ncno1. The van der Waals surface area contributed by atoms with Gasteiger partial charge < -0.3 is 4.52 Å². The van der Waals surface area contributed by atoms with Crippen molar-refractivity contribution in [2.24, 2.45) is 0 Å². The van der Waals surface area contributed by atoms with Crippen LogP contribution in [0.3, 0.4) is 0 Å². The lowest BCUT2D eigenvalue weighted by Crippen LogP contribution is -2.21. The molecule has 0 radical (unpaired) electrons. The van der Waals surface area contributed by atoms with Crippen molar-refractivity contribution in [1.29, 1.82) is 0 Å². The van der Waals surface area contributed by atoms with E-state index in [4.69, 9.17) is 0 Å². The summed E-state index contributed by atoms with van der Waals surface area (Å²) in [4.78, 5) is 3.76. The number of hydrogen-bond acceptors (Lipinski definition) is 3. The van der Waals surface area contributed by atoms with Crippen molar-refractivity contribution < 1.29 is 4.52 Å². The molecule has 3 nitrogen and oxygen atoms in total. The lowest BCUT2D eigenvalue weighted by Gasteiger charge is -1.98. The lowest BCUT2D eigenvalue weighted by molar-refractivity contribution is 0.381. The number of aryl methyl sites for hydroxylation is 1. The number of aromatic nitrogens is 2. The summed E-state index contributed by atoms with van der Waals surface area (Å²) in [6.07, 6.45) is 2.22. The zero-order chi connectivity index (χ0) is 15.8. The van der Waals surface area contributed by atoms with Crippen molar-refractivity contribution >= 4 is 12.2 Å². The molecule has 0 amide bonds. The van der Waals surface area contributed by atoms with Gasteiger partial charge >= 0.3 is 0 Å². The molecule has 0 atom stereocenters. The van der Waals surface area contributed by atoms with E-state index >= 15 is 0 Å². The fraction of sp³-hybridized carbons (Fsp3) is 0.500. The molecule has 1 aromatic heterocycles. The van der Waals surface area contributed by atoms with Crippen LogP contribution in [0.2, 0.25) is 13.6 Å². The van der Waals surface area contributed by atoms with Gasteiger partial charge in [0.2, 0.25) is 5.89 Å². The second-order valence-corrected chi connectivity index (χ2v) is 3.75. The van der Waals surface area contributed by atoms with E-state index < -0.39 is 0 Å². The van der Waals surface area contributed by atoms with Crippen molar-refractivity contribution in [3.05, 3.63) is 42.5 Å². The minimum atomic E-state index is 0.659. The van der Waals surface area contributed by atoms with Gasteiger partial charge in [-0.25, -0.2) is 0 Å². The van der Waals surface area contributed by atoms with Crippen LogP contribution in [-0.2, 0) is 6.42 Å². The summed E-state index contributed by atoms with van der Waals surface area (Å²) >= 11 is 0. The highest BCUT2D eigenvalue weighted by atomic mass is 16.5. The normalized spacial score (nSPS) is 7.95. The van der Waals surface area contributed by atoms with Gasteiger partial charge in [0.15, 0.2) is 13.0 Å². The highest BCUT2D eigenvalue weighted by Crippen LogP contribution is 1.88. The Morgan fingerprint density at radius 2 is 1.55 bits per heavy atom. The van der Waals surface area contributed by atoms with Gasteiger partial charge in [-0.3, -0.25) is 0 Å². The number of nitrogens with zero attached hydrogens (tertiary/aromatic N) is 2. The fourth-order valence-corrected chi connectivity index (χ4v) is 1.19. The van der Waals surface area contributed by atoms with E-state index in [1.54, 1.807) is 0 Å². The molecule has 0 spiro atoms. The van der Waals surface area contributed by atoms with E-state index in [0.29, 0.717) is 12.6 Å². The molecule has 1 aromatic carbocycles. The first-order valence-electron chi connectivity index (χ1n) is 7.54. The second kappa shape index (κ2) is 15.5. The van der Waals surface area contributed by atoms with Crippen LogP contribution < -0.4 is 5.46 Å². The zero-order valence-corrected chi connectivity index (χ0v) is 14.1. The minimum Gasteiger partial charge on any atom is -0.340 e. The molecule has 4 heteroatoms. The third-order valence-electron chi connectivity index (χ3n) is 2.18. The molecule has 0 aliphatic carbocycles. The Kier molecular flexibility index (Phi) is 16.1. The summed E-state index contributed by atoms with van der Waals surface area (Å²) in [5.74, 6) is 0.694. The molecular weight excluding hydrogens is 247 g/mol. The highest BCUT2D eigenvalue weighted by Gasteiger charge is 1.98. The first kappa shape index (κ1) is 20.7. The molecule has 0 saturated carbocycles. The van der Waals surface area contributed by atoms with Gasteiger partial charge in [-0.2, -0.15) is 4.98 Å². The molecule has 0 saturated heterocycles. The smallest absolute Gasteiger partial charge is 0.226 e. The average Bonchev–Trinajstić information content (AvgIpc) is 3.06. The van der Waals surface area contributed by atoms with Gasteiger partial charge in [-0.05, 0) is 0 Å². The number of hydrogen-bond donors (Lipinski definition) is 0. The van der Waals surface area contributed by atoms with Crippen molar-refractivity contribution in [3.63, 3.8) is 0 Å². The van der Waals surface area contributed by atoms with Crippen molar-refractivity contribution in [1.82, 2.24) is 10.1 Å². The molecule has 2 aromatic rings. The summed E-state index contributed by atoms with van der Waals surface area (Å²) in [5.41, 5.74) is 1.41. The molecule has 20 heavy (non-hydrogen) atoms. The Morgan fingerprint density at radius 1 is 1.00 bits per heavy atom. The highest BCUT2D eigenvalue weighted by molar-refractivity contribution is 6.70. The first-order chi connectivity index (χ1) is 9.74. The van der Waals surface area contributed by atoms with E-state index in [0.717, 1.165) is 6.42 Å². The molecule has 1 heterocycles. The fourth-order valence-electron chi connectivity index (χ4n) is 1.19. The largest absolute Gasteiger partial charge is 0.340 e. The maximum Gasteiger partial charge on any atom is 0.226 e. The molecule has 2 rings (SSSR count). The van der Waals surface area contributed by atoms with Gasteiger partial charge in [-0.15, -0.1) is 0 Å². The molecule has 0 aliphatic heterocycles. The monoisotopic (exact) mass is 276 g/mol. The van der Waals surface area contributed by atoms with E-state index in [1.807, 2.05) is 40.7 Å².